The third-order valence-electron chi connectivity index (χ3n) is 1.02. The number of nitrogens with two attached hydrogens (primary N) is 1. The molecular formula is C5H4F3N3S2. The van der Waals surface area contributed by atoms with Crippen LogP contribution >= 0.6 is 23.6 Å². The maximum Gasteiger partial charge on any atom is 0.434 e. The SMILES string of the molecule is NC(=S)Nc1nc(C(F)(F)F)cs1. The van der Waals surface area contributed by atoms with Crippen LogP contribution in [0.2, 0.25) is 0 Å². The Hall–Kier alpha value is -0.890. The number of aromatic nitrogens is 1. The van der Waals surface area contributed by atoms with Gasteiger partial charge in [-0.25, -0.2) is 4.98 Å². The molecule has 0 aromatic carbocycles. The van der Waals surface area contributed by atoms with Crippen LogP contribution < -0.4 is 11.1 Å². The molecule has 1 rings (SSSR count). The topological polar surface area (TPSA) is 50.9 Å². The fourth-order valence-electron chi connectivity index (χ4n) is 0.567. The van der Waals surface area contributed by atoms with Crippen molar-refractivity contribution < 1.29 is 13.2 Å². The zero-order valence-electron chi connectivity index (χ0n) is 6.05. The summed E-state index contributed by atoms with van der Waals surface area (Å²) in [6.45, 7) is 0. The average Bonchev–Trinajstić information content (AvgIpc) is 2.32. The standard InChI is InChI=1S/C5H4F3N3S2/c6-5(7,8)2-1-13-4(10-2)11-3(9)12/h1H,(H3,9,10,11,12). The van der Waals surface area contributed by atoms with E-state index < -0.39 is 11.9 Å². The summed E-state index contributed by atoms with van der Waals surface area (Å²) in [6.07, 6.45) is -4.42. The number of thiocarbonyl (C=S) groups is 1. The van der Waals surface area contributed by atoms with E-state index in [1.54, 1.807) is 0 Å². The molecule has 72 valence electrons. The Morgan fingerprint density at radius 3 is 2.62 bits per heavy atom. The molecule has 8 heteroatoms. The van der Waals surface area contributed by atoms with Gasteiger partial charge in [0.05, 0.1) is 0 Å². The summed E-state index contributed by atoms with van der Waals surface area (Å²) < 4.78 is 36.0. The molecule has 3 nitrogen and oxygen atoms in total. The van der Waals surface area contributed by atoms with E-state index >= 15 is 0 Å². The maximum atomic E-state index is 12.0. The van der Waals surface area contributed by atoms with Crippen LogP contribution in [-0.2, 0) is 6.18 Å². The lowest BCUT2D eigenvalue weighted by atomic mass is 10.5. The van der Waals surface area contributed by atoms with E-state index in [0.29, 0.717) is 0 Å². The molecule has 1 heterocycles. The highest BCUT2D eigenvalue weighted by Gasteiger charge is 2.33. The molecule has 0 saturated heterocycles. The summed E-state index contributed by atoms with van der Waals surface area (Å²) in [4.78, 5) is 3.24. The second-order valence-electron chi connectivity index (χ2n) is 2.02. The molecular weight excluding hydrogens is 223 g/mol. The zero-order chi connectivity index (χ0) is 10.1. The molecule has 13 heavy (non-hydrogen) atoms. The minimum absolute atomic E-state index is 0.0415. The Kier molecular flexibility index (Phi) is 2.71. The van der Waals surface area contributed by atoms with Crippen molar-refractivity contribution >= 4 is 33.8 Å². The van der Waals surface area contributed by atoms with Crippen molar-refractivity contribution in [3.05, 3.63) is 11.1 Å². The van der Waals surface area contributed by atoms with Gasteiger partial charge in [-0.1, -0.05) is 0 Å². The van der Waals surface area contributed by atoms with Crippen LogP contribution in [0.1, 0.15) is 5.69 Å². The van der Waals surface area contributed by atoms with Gasteiger partial charge in [-0.2, -0.15) is 13.2 Å². The number of nitrogens with one attached hydrogen (secondary N) is 1. The van der Waals surface area contributed by atoms with E-state index in [0.717, 1.165) is 16.7 Å². The molecule has 0 atom stereocenters. The maximum absolute atomic E-state index is 12.0. The van der Waals surface area contributed by atoms with Crippen LogP contribution in [0.5, 0.6) is 0 Å². The van der Waals surface area contributed by atoms with Crippen molar-refractivity contribution in [1.82, 2.24) is 4.98 Å². The second kappa shape index (κ2) is 3.46. The number of halogens is 3. The van der Waals surface area contributed by atoms with E-state index in [9.17, 15) is 13.2 Å². The molecule has 0 fully saturated rings. The van der Waals surface area contributed by atoms with Crippen LogP contribution in [0, 0.1) is 0 Å². The summed E-state index contributed by atoms with van der Waals surface area (Å²) in [5.74, 6) is 0. The largest absolute Gasteiger partial charge is 0.434 e. The summed E-state index contributed by atoms with van der Waals surface area (Å²) in [7, 11) is 0. The van der Waals surface area contributed by atoms with E-state index in [1.165, 1.54) is 0 Å². The Balaban J connectivity index is 2.81. The average molecular weight is 227 g/mol. The highest BCUT2D eigenvalue weighted by molar-refractivity contribution is 7.80. The van der Waals surface area contributed by atoms with E-state index in [1.807, 2.05) is 0 Å². The third kappa shape index (κ3) is 2.81. The predicted molar refractivity (Wildman–Crippen MR) is 47.5 cm³/mol. The van der Waals surface area contributed by atoms with Gasteiger partial charge >= 0.3 is 6.18 Å². The second-order valence-corrected chi connectivity index (χ2v) is 3.32. The first-order chi connectivity index (χ1) is 5.89. The lowest BCUT2D eigenvalue weighted by Crippen LogP contribution is -2.19. The highest BCUT2D eigenvalue weighted by Crippen LogP contribution is 2.31. The normalized spacial score (nSPS) is 11.3. The summed E-state index contributed by atoms with van der Waals surface area (Å²) in [5.41, 5.74) is 4.10. The Morgan fingerprint density at radius 2 is 2.23 bits per heavy atom. The molecule has 0 aliphatic heterocycles. The van der Waals surface area contributed by atoms with Crippen molar-refractivity contribution in [3.8, 4) is 0 Å². The van der Waals surface area contributed by atoms with Gasteiger partial charge in [0.25, 0.3) is 0 Å². The van der Waals surface area contributed by atoms with Crippen molar-refractivity contribution in [2.24, 2.45) is 5.73 Å². The first-order valence-corrected chi connectivity index (χ1v) is 4.27. The van der Waals surface area contributed by atoms with Gasteiger partial charge in [0.15, 0.2) is 15.9 Å². The predicted octanol–water partition coefficient (Wildman–Crippen LogP) is 1.82. The van der Waals surface area contributed by atoms with Gasteiger partial charge in [-0.3, -0.25) is 0 Å². The van der Waals surface area contributed by atoms with Gasteiger partial charge < -0.3 is 11.1 Å². The van der Waals surface area contributed by atoms with Gasteiger partial charge in [0.1, 0.15) is 0 Å². The number of hydrogen-bond acceptors (Lipinski definition) is 3. The molecule has 0 aliphatic rings. The zero-order valence-corrected chi connectivity index (χ0v) is 7.69. The summed E-state index contributed by atoms with van der Waals surface area (Å²) in [6, 6.07) is 0. The van der Waals surface area contributed by atoms with Gasteiger partial charge in [-0.05, 0) is 12.2 Å². The molecule has 0 radical (unpaired) electrons. The minimum atomic E-state index is -4.42. The molecule has 0 bridgehead atoms. The van der Waals surface area contributed by atoms with Crippen molar-refractivity contribution in [2.75, 3.05) is 5.32 Å². The highest BCUT2D eigenvalue weighted by atomic mass is 32.1. The Bertz CT molecular complexity index is 319. The number of nitrogens with zero attached hydrogens (tertiary/aromatic N) is 1. The number of alkyl halides is 3. The van der Waals surface area contributed by atoms with E-state index in [4.69, 9.17) is 5.73 Å². The first-order valence-electron chi connectivity index (χ1n) is 2.99. The molecule has 0 saturated carbocycles. The van der Waals surface area contributed by atoms with Crippen molar-refractivity contribution in [1.29, 1.82) is 0 Å². The monoisotopic (exact) mass is 227 g/mol. The Morgan fingerprint density at radius 1 is 1.62 bits per heavy atom. The fourth-order valence-corrected chi connectivity index (χ4v) is 1.46. The van der Waals surface area contributed by atoms with E-state index in [-0.39, 0.29) is 10.2 Å². The quantitative estimate of drug-likeness (QED) is 0.718. The van der Waals surface area contributed by atoms with Crippen molar-refractivity contribution in [3.63, 3.8) is 0 Å². The van der Waals surface area contributed by atoms with Gasteiger partial charge in [0, 0.05) is 5.38 Å². The summed E-state index contributed by atoms with van der Waals surface area (Å²) in [5, 5.41) is 3.14. The number of thiazole rings is 1. The lowest BCUT2D eigenvalue weighted by Gasteiger charge is -2.00. The summed E-state index contributed by atoms with van der Waals surface area (Å²) >= 11 is 5.23. The van der Waals surface area contributed by atoms with Crippen LogP contribution in [0.4, 0.5) is 18.3 Å². The molecule has 3 N–H and O–H groups in total. The minimum Gasteiger partial charge on any atom is -0.376 e. The molecule has 1 aromatic rings. The lowest BCUT2D eigenvalue weighted by molar-refractivity contribution is -0.140. The Labute approximate surface area is 80.8 Å². The van der Waals surface area contributed by atoms with Crippen LogP contribution in [-0.4, -0.2) is 10.1 Å². The number of hydrogen-bond donors (Lipinski definition) is 2. The molecule has 0 aliphatic carbocycles. The van der Waals surface area contributed by atoms with Crippen LogP contribution in [0.3, 0.4) is 0 Å². The molecule has 0 amide bonds. The first kappa shape index (κ1) is 10.2. The fraction of sp³-hybridized carbons (Fsp3) is 0.200. The number of anilines is 1. The van der Waals surface area contributed by atoms with Crippen LogP contribution in [0.25, 0.3) is 0 Å². The van der Waals surface area contributed by atoms with Crippen molar-refractivity contribution in [2.45, 2.75) is 6.18 Å². The third-order valence-corrected chi connectivity index (χ3v) is 1.88. The van der Waals surface area contributed by atoms with Gasteiger partial charge in [0.2, 0.25) is 0 Å². The molecule has 0 unspecified atom stereocenters. The van der Waals surface area contributed by atoms with Crippen LogP contribution in [0.15, 0.2) is 5.38 Å². The van der Waals surface area contributed by atoms with E-state index in [2.05, 4.69) is 22.5 Å². The smallest absolute Gasteiger partial charge is 0.376 e. The number of rotatable bonds is 1. The molecule has 1 aromatic heterocycles. The van der Waals surface area contributed by atoms with Gasteiger partial charge in [-0.15, -0.1) is 11.3 Å². The molecule has 0 spiro atoms.